The van der Waals surface area contributed by atoms with Crippen molar-refractivity contribution in [2.75, 3.05) is 5.32 Å². The maximum atomic E-state index is 13.8. The Hall–Kier alpha value is -3.98. The van der Waals surface area contributed by atoms with Crippen LogP contribution in [-0.4, -0.2) is 10.5 Å². The van der Waals surface area contributed by atoms with Crippen molar-refractivity contribution in [3.05, 3.63) is 130 Å². The van der Waals surface area contributed by atoms with Gasteiger partial charge >= 0.3 is 0 Å². The minimum Gasteiger partial charge on any atom is -0.457 e. The second-order valence-corrected chi connectivity index (χ2v) is 11.4. The average Bonchev–Trinajstić information content (AvgIpc) is 3.67. The molecule has 0 saturated carbocycles. The number of allylic oxidation sites excluding steroid dienone is 1. The van der Waals surface area contributed by atoms with Crippen molar-refractivity contribution in [2.45, 2.75) is 19.9 Å². The van der Waals surface area contributed by atoms with Crippen LogP contribution in [0.25, 0.3) is 17.4 Å². The number of amides is 1. The summed E-state index contributed by atoms with van der Waals surface area (Å²) in [7, 11) is 0. The summed E-state index contributed by atoms with van der Waals surface area (Å²) in [5, 5.41) is 5.55. The number of nitrogens with one attached hydrogen (secondary N) is 1. The molecule has 0 saturated heterocycles. The molecule has 6 rings (SSSR count). The van der Waals surface area contributed by atoms with Gasteiger partial charge in [-0.05, 0) is 61.2 Å². The molecule has 39 heavy (non-hydrogen) atoms. The lowest BCUT2D eigenvalue weighted by Gasteiger charge is -2.24. The number of anilines is 1. The van der Waals surface area contributed by atoms with Crippen molar-refractivity contribution in [3.8, 4) is 11.3 Å². The highest BCUT2D eigenvalue weighted by Crippen LogP contribution is 2.33. The number of hydrogen-bond donors (Lipinski definition) is 1. The molecule has 0 aliphatic carbocycles. The Morgan fingerprint density at radius 3 is 2.62 bits per heavy atom. The van der Waals surface area contributed by atoms with Crippen LogP contribution in [0, 0.1) is 6.92 Å². The van der Waals surface area contributed by atoms with Crippen molar-refractivity contribution in [3.63, 3.8) is 0 Å². The molecular formula is C30H22ClN3O3S2. The normalized spacial score (nSPS) is 15.3. The van der Waals surface area contributed by atoms with Gasteiger partial charge < -0.3 is 9.73 Å². The van der Waals surface area contributed by atoms with Crippen molar-refractivity contribution >= 4 is 51.9 Å². The Labute approximate surface area is 236 Å². The third-order valence-electron chi connectivity index (χ3n) is 6.51. The summed E-state index contributed by atoms with van der Waals surface area (Å²) < 4.78 is 8.09. The van der Waals surface area contributed by atoms with E-state index in [2.05, 4.69) is 5.32 Å². The minimum atomic E-state index is -0.595. The molecule has 1 atom stereocenters. The van der Waals surface area contributed by atoms with E-state index in [9.17, 15) is 9.59 Å². The lowest BCUT2D eigenvalue weighted by atomic mass is 10.0. The Bertz CT molecular complexity index is 1930. The maximum Gasteiger partial charge on any atom is 0.271 e. The van der Waals surface area contributed by atoms with Crippen LogP contribution in [0.4, 0.5) is 5.69 Å². The Kier molecular flexibility index (Phi) is 6.68. The third-order valence-corrected chi connectivity index (χ3v) is 8.75. The summed E-state index contributed by atoms with van der Waals surface area (Å²) in [6, 6.07) is 21.9. The first-order valence-electron chi connectivity index (χ1n) is 12.2. The summed E-state index contributed by atoms with van der Waals surface area (Å²) in [4.78, 5) is 33.6. The number of benzene rings is 2. The van der Waals surface area contributed by atoms with Gasteiger partial charge in [-0.2, -0.15) is 0 Å². The first kappa shape index (κ1) is 25.3. The second kappa shape index (κ2) is 10.3. The van der Waals surface area contributed by atoms with Crippen LogP contribution in [0.2, 0.25) is 5.02 Å². The van der Waals surface area contributed by atoms with Crippen LogP contribution in [0.15, 0.2) is 104 Å². The summed E-state index contributed by atoms with van der Waals surface area (Å²) in [6.45, 7) is 3.75. The van der Waals surface area contributed by atoms with E-state index in [-0.39, 0.29) is 11.5 Å². The van der Waals surface area contributed by atoms with Crippen LogP contribution >= 0.6 is 34.3 Å². The molecule has 194 valence electrons. The van der Waals surface area contributed by atoms with E-state index < -0.39 is 6.04 Å². The van der Waals surface area contributed by atoms with E-state index in [0.717, 1.165) is 21.7 Å². The van der Waals surface area contributed by atoms with Gasteiger partial charge in [0.25, 0.3) is 11.5 Å². The first-order valence-corrected chi connectivity index (χ1v) is 14.3. The van der Waals surface area contributed by atoms with Gasteiger partial charge in [0.15, 0.2) is 4.80 Å². The third kappa shape index (κ3) is 4.71. The molecule has 3 aromatic heterocycles. The number of nitrogens with zero attached hydrogens (tertiary/aromatic N) is 2. The number of thiophene rings is 1. The average molecular weight is 572 g/mol. The van der Waals surface area contributed by atoms with Crippen LogP contribution in [0.1, 0.15) is 29.2 Å². The molecule has 1 unspecified atom stereocenters. The first-order chi connectivity index (χ1) is 18.9. The molecule has 0 fully saturated rings. The number of thiazole rings is 1. The summed E-state index contributed by atoms with van der Waals surface area (Å²) in [5.74, 6) is 0.854. The standard InChI is InChI=1S/C30H22ClN3O3S2/c1-17-8-3-6-11-22(17)33-28(35)26-18(2)32-30-34(27(26)24-12-7-15-38-24)29(36)25(39-30)16-19-13-14-23(37-19)20-9-4-5-10-21(20)31/h3-16,27H,1-2H3,(H,33,35)/b25-16+. The number of hydrogen-bond acceptors (Lipinski definition) is 6. The van der Waals surface area contributed by atoms with E-state index in [1.807, 2.05) is 79.9 Å². The quantitative estimate of drug-likeness (QED) is 0.275. The lowest BCUT2D eigenvalue weighted by Crippen LogP contribution is -2.40. The van der Waals surface area contributed by atoms with Gasteiger partial charge in [0.1, 0.15) is 17.6 Å². The predicted molar refractivity (Wildman–Crippen MR) is 157 cm³/mol. The van der Waals surface area contributed by atoms with E-state index in [1.165, 1.54) is 22.7 Å². The van der Waals surface area contributed by atoms with E-state index in [0.29, 0.717) is 37.1 Å². The molecule has 9 heteroatoms. The minimum absolute atomic E-state index is 0.235. The van der Waals surface area contributed by atoms with E-state index >= 15 is 0 Å². The number of fused-ring (bicyclic) bond motifs is 1. The number of carbonyl (C=O) groups is 1. The van der Waals surface area contributed by atoms with Crippen molar-refractivity contribution in [1.82, 2.24) is 4.57 Å². The summed E-state index contributed by atoms with van der Waals surface area (Å²) >= 11 is 9.10. The zero-order chi connectivity index (χ0) is 27.1. The molecule has 1 aliphatic rings. The molecule has 1 amide bonds. The lowest BCUT2D eigenvalue weighted by molar-refractivity contribution is -0.113. The molecule has 0 bridgehead atoms. The van der Waals surface area contributed by atoms with Crippen LogP contribution < -0.4 is 20.2 Å². The highest BCUT2D eigenvalue weighted by atomic mass is 35.5. The van der Waals surface area contributed by atoms with Gasteiger partial charge in [-0.15, -0.1) is 11.3 Å². The molecule has 0 spiro atoms. The second-order valence-electron chi connectivity index (χ2n) is 9.05. The largest absolute Gasteiger partial charge is 0.457 e. The molecular weight excluding hydrogens is 550 g/mol. The fourth-order valence-electron chi connectivity index (χ4n) is 4.60. The van der Waals surface area contributed by atoms with Gasteiger partial charge in [-0.3, -0.25) is 14.2 Å². The van der Waals surface area contributed by atoms with Gasteiger partial charge in [0.05, 0.1) is 20.8 Å². The number of aromatic nitrogens is 1. The number of halogens is 1. The molecule has 6 nitrogen and oxygen atoms in total. The van der Waals surface area contributed by atoms with Crippen LogP contribution in [-0.2, 0) is 4.79 Å². The monoisotopic (exact) mass is 571 g/mol. The smallest absolute Gasteiger partial charge is 0.271 e. The maximum absolute atomic E-state index is 13.8. The fraction of sp³-hybridized carbons (Fsp3) is 0.100. The molecule has 0 radical (unpaired) electrons. The zero-order valence-electron chi connectivity index (χ0n) is 21.0. The van der Waals surface area contributed by atoms with Gasteiger partial charge in [-0.25, -0.2) is 4.99 Å². The van der Waals surface area contributed by atoms with E-state index in [1.54, 1.807) is 22.8 Å². The van der Waals surface area contributed by atoms with Gasteiger partial charge in [-0.1, -0.05) is 59.3 Å². The summed E-state index contributed by atoms with van der Waals surface area (Å²) in [5.41, 5.74) is 3.23. The van der Waals surface area contributed by atoms with Crippen LogP contribution in [0.5, 0.6) is 0 Å². The van der Waals surface area contributed by atoms with E-state index in [4.69, 9.17) is 21.0 Å². The van der Waals surface area contributed by atoms with Crippen molar-refractivity contribution in [1.29, 1.82) is 0 Å². The highest BCUT2D eigenvalue weighted by molar-refractivity contribution is 7.10. The molecule has 1 aliphatic heterocycles. The fourth-order valence-corrected chi connectivity index (χ4v) is 6.68. The van der Waals surface area contributed by atoms with Crippen molar-refractivity contribution in [2.24, 2.45) is 4.99 Å². The molecule has 5 aromatic rings. The number of furan rings is 1. The SMILES string of the molecule is CC1=C(C(=O)Nc2ccccc2C)C(c2cccs2)n2c(s/c(=C/c3ccc(-c4ccccc4Cl)o3)c2=O)=N1. The number of rotatable bonds is 5. The Morgan fingerprint density at radius 1 is 1.05 bits per heavy atom. The number of para-hydroxylation sites is 1. The molecule has 1 N–H and O–H groups in total. The number of carbonyl (C=O) groups excluding carboxylic acids is 1. The predicted octanol–water partition coefficient (Wildman–Crippen LogP) is 6.16. The van der Waals surface area contributed by atoms with Crippen LogP contribution in [0.3, 0.4) is 0 Å². The zero-order valence-corrected chi connectivity index (χ0v) is 23.4. The highest BCUT2D eigenvalue weighted by Gasteiger charge is 2.33. The van der Waals surface area contributed by atoms with Gasteiger partial charge in [0, 0.05) is 22.2 Å². The molecule has 4 heterocycles. The van der Waals surface area contributed by atoms with Gasteiger partial charge in [0.2, 0.25) is 0 Å². The summed E-state index contributed by atoms with van der Waals surface area (Å²) in [6.07, 6.45) is 1.71. The molecule has 2 aromatic carbocycles. The Morgan fingerprint density at radius 2 is 1.85 bits per heavy atom. The number of aryl methyl sites for hydroxylation is 1. The Balaban J connectivity index is 1.43. The van der Waals surface area contributed by atoms with Crippen molar-refractivity contribution < 1.29 is 9.21 Å². The topological polar surface area (TPSA) is 76.6 Å².